The van der Waals surface area contributed by atoms with E-state index in [1.807, 2.05) is 6.07 Å². The first-order valence-corrected chi connectivity index (χ1v) is 8.07. The molecule has 3 aromatic rings. The molecule has 0 unspecified atom stereocenters. The largest absolute Gasteiger partial charge is 0.441 e. The van der Waals surface area contributed by atoms with Crippen molar-refractivity contribution in [3.05, 3.63) is 76.9 Å². The average molecular weight is 349 g/mol. The van der Waals surface area contributed by atoms with Crippen molar-refractivity contribution in [3.8, 4) is 17.5 Å². The van der Waals surface area contributed by atoms with Gasteiger partial charge in [-0.2, -0.15) is 5.26 Å². The second kappa shape index (κ2) is 7.62. The Morgan fingerprint density at radius 2 is 2.04 bits per heavy atom. The van der Waals surface area contributed by atoms with Crippen LogP contribution in [0, 0.1) is 24.1 Å². The van der Waals surface area contributed by atoms with E-state index in [-0.39, 0.29) is 11.7 Å². The van der Waals surface area contributed by atoms with Crippen LogP contribution in [0.3, 0.4) is 0 Å². The highest BCUT2D eigenvalue weighted by Gasteiger charge is 2.12. The number of amides is 1. The number of aryl methyl sites for hydroxylation is 1. The number of nitrogens with zero attached hydrogens (tertiary/aromatic N) is 2. The van der Waals surface area contributed by atoms with Crippen molar-refractivity contribution in [2.24, 2.45) is 0 Å². The Bertz CT molecular complexity index is 971. The van der Waals surface area contributed by atoms with Crippen LogP contribution >= 0.6 is 0 Å². The van der Waals surface area contributed by atoms with Crippen molar-refractivity contribution < 1.29 is 13.6 Å². The van der Waals surface area contributed by atoms with Gasteiger partial charge >= 0.3 is 0 Å². The van der Waals surface area contributed by atoms with Gasteiger partial charge in [-0.1, -0.05) is 6.07 Å². The molecular weight excluding hydrogens is 333 g/mol. The Morgan fingerprint density at radius 1 is 1.27 bits per heavy atom. The number of hydrogen-bond acceptors (Lipinski definition) is 4. The molecule has 6 heteroatoms. The molecule has 3 rings (SSSR count). The number of nitriles is 1. The molecule has 26 heavy (non-hydrogen) atoms. The van der Waals surface area contributed by atoms with E-state index in [0.717, 1.165) is 5.69 Å². The predicted octanol–water partition coefficient (Wildman–Crippen LogP) is 3.63. The summed E-state index contributed by atoms with van der Waals surface area (Å²) in [5.74, 6) is 0.512. The maximum absolute atomic E-state index is 13.0. The lowest BCUT2D eigenvalue weighted by molar-refractivity contribution is 0.0954. The summed E-state index contributed by atoms with van der Waals surface area (Å²) in [5, 5.41) is 11.7. The van der Waals surface area contributed by atoms with Crippen LogP contribution in [0.5, 0.6) is 0 Å². The van der Waals surface area contributed by atoms with Gasteiger partial charge in [-0.3, -0.25) is 4.79 Å². The third-order valence-corrected chi connectivity index (χ3v) is 3.89. The second-order valence-corrected chi connectivity index (χ2v) is 5.73. The molecule has 1 amide bonds. The summed E-state index contributed by atoms with van der Waals surface area (Å²) in [6.45, 7) is 2.18. The van der Waals surface area contributed by atoms with Gasteiger partial charge in [0.2, 0.25) is 5.89 Å². The zero-order valence-electron chi connectivity index (χ0n) is 14.1. The van der Waals surface area contributed by atoms with Crippen LogP contribution in [0.4, 0.5) is 4.39 Å². The van der Waals surface area contributed by atoms with E-state index in [0.29, 0.717) is 41.3 Å². The van der Waals surface area contributed by atoms with E-state index in [1.165, 1.54) is 12.1 Å². The zero-order valence-corrected chi connectivity index (χ0v) is 14.1. The standard InChI is InChI=1S/C20H16FN3O2/c1-13-18(24-20(26-13)15-5-7-17(21)8-6-15)9-10-23-19(25)16-4-2-3-14(11-16)12-22/h2-8,11H,9-10H2,1H3,(H,23,25). The van der Waals surface area contributed by atoms with Gasteiger partial charge in [0.05, 0.1) is 17.3 Å². The molecule has 0 aliphatic carbocycles. The van der Waals surface area contributed by atoms with Gasteiger partial charge < -0.3 is 9.73 Å². The summed E-state index contributed by atoms with van der Waals surface area (Å²) in [5.41, 5.74) is 2.30. The lowest BCUT2D eigenvalue weighted by atomic mass is 10.1. The summed E-state index contributed by atoms with van der Waals surface area (Å²) in [6.07, 6.45) is 0.500. The SMILES string of the molecule is Cc1oc(-c2ccc(F)cc2)nc1CCNC(=O)c1cccc(C#N)c1. The summed E-state index contributed by atoms with van der Waals surface area (Å²) in [4.78, 5) is 16.6. The van der Waals surface area contributed by atoms with Crippen LogP contribution in [0.2, 0.25) is 0 Å². The molecule has 0 saturated carbocycles. The number of halogens is 1. The van der Waals surface area contributed by atoms with E-state index in [9.17, 15) is 9.18 Å². The fourth-order valence-corrected chi connectivity index (χ4v) is 2.50. The van der Waals surface area contributed by atoms with Crippen LogP contribution in [0.1, 0.15) is 27.4 Å². The van der Waals surface area contributed by atoms with E-state index in [4.69, 9.17) is 9.68 Å². The van der Waals surface area contributed by atoms with Gasteiger partial charge in [-0.15, -0.1) is 0 Å². The number of carbonyl (C=O) groups is 1. The minimum atomic E-state index is -0.319. The third-order valence-electron chi connectivity index (χ3n) is 3.89. The first kappa shape index (κ1) is 17.4. The fraction of sp³-hybridized carbons (Fsp3) is 0.150. The number of hydrogen-bond donors (Lipinski definition) is 1. The maximum atomic E-state index is 13.0. The minimum Gasteiger partial charge on any atom is -0.441 e. The molecule has 0 aliphatic heterocycles. The topological polar surface area (TPSA) is 78.9 Å². The van der Waals surface area contributed by atoms with Crippen molar-refractivity contribution in [1.29, 1.82) is 5.26 Å². The molecular formula is C20H16FN3O2. The third kappa shape index (κ3) is 3.95. The Morgan fingerprint density at radius 3 is 2.77 bits per heavy atom. The van der Waals surface area contributed by atoms with Crippen molar-refractivity contribution in [2.75, 3.05) is 6.54 Å². The van der Waals surface area contributed by atoms with E-state index in [1.54, 1.807) is 43.3 Å². The Balaban J connectivity index is 1.62. The normalized spacial score (nSPS) is 10.3. The van der Waals surface area contributed by atoms with Crippen molar-refractivity contribution in [3.63, 3.8) is 0 Å². The molecule has 0 saturated heterocycles. The summed E-state index contributed by atoms with van der Waals surface area (Å²) >= 11 is 0. The predicted molar refractivity (Wildman–Crippen MR) is 93.8 cm³/mol. The molecule has 130 valence electrons. The van der Waals surface area contributed by atoms with E-state index < -0.39 is 0 Å². The molecule has 0 spiro atoms. The number of benzene rings is 2. The van der Waals surface area contributed by atoms with Crippen molar-refractivity contribution in [1.82, 2.24) is 10.3 Å². The molecule has 0 fully saturated rings. The van der Waals surface area contributed by atoms with Gasteiger partial charge in [0.15, 0.2) is 0 Å². The zero-order chi connectivity index (χ0) is 18.5. The van der Waals surface area contributed by atoms with Crippen LogP contribution in [0.15, 0.2) is 52.9 Å². The Hall–Kier alpha value is -3.46. The Labute approximate surface area is 150 Å². The number of rotatable bonds is 5. The molecule has 2 aromatic carbocycles. The number of carbonyl (C=O) groups excluding carboxylic acids is 1. The van der Waals surface area contributed by atoms with Crippen molar-refractivity contribution in [2.45, 2.75) is 13.3 Å². The number of aromatic nitrogens is 1. The second-order valence-electron chi connectivity index (χ2n) is 5.73. The lowest BCUT2D eigenvalue weighted by Crippen LogP contribution is -2.25. The number of nitrogens with one attached hydrogen (secondary N) is 1. The van der Waals surface area contributed by atoms with Crippen LogP contribution in [-0.2, 0) is 6.42 Å². The highest BCUT2D eigenvalue weighted by Crippen LogP contribution is 2.22. The summed E-state index contributed by atoms with van der Waals surface area (Å²) in [6, 6.07) is 14.4. The van der Waals surface area contributed by atoms with Crippen molar-refractivity contribution >= 4 is 5.91 Å². The lowest BCUT2D eigenvalue weighted by Gasteiger charge is -2.04. The molecule has 1 aromatic heterocycles. The van der Waals surface area contributed by atoms with Crippen LogP contribution in [0.25, 0.3) is 11.5 Å². The van der Waals surface area contributed by atoms with Crippen LogP contribution in [-0.4, -0.2) is 17.4 Å². The van der Waals surface area contributed by atoms with Gasteiger partial charge in [0.25, 0.3) is 5.91 Å². The summed E-state index contributed by atoms with van der Waals surface area (Å²) in [7, 11) is 0. The van der Waals surface area contributed by atoms with Crippen LogP contribution < -0.4 is 5.32 Å². The van der Waals surface area contributed by atoms with E-state index in [2.05, 4.69) is 10.3 Å². The van der Waals surface area contributed by atoms with E-state index >= 15 is 0 Å². The monoisotopic (exact) mass is 349 g/mol. The van der Waals surface area contributed by atoms with Gasteiger partial charge in [0, 0.05) is 24.1 Å². The average Bonchev–Trinajstić information content (AvgIpc) is 3.03. The summed E-state index contributed by atoms with van der Waals surface area (Å²) < 4.78 is 18.6. The highest BCUT2D eigenvalue weighted by molar-refractivity contribution is 5.94. The molecule has 0 radical (unpaired) electrons. The Kier molecular flexibility index (Phi) is 5.09. The molecule has 1 N–H and O–H groups in total. The smallest absolute Gasteiger partial charge is 0.251 e. The molecule has 0 atom stereocenters. The molecule has 0 bridgehead atoms. The van der Waals surface area contributed by atoms with Gasteiger partial charge in [-0.25, -0.2) is 9.37 Å². The fourth-order valence-electron chi connectivity index (χ4n) is 2.50. The molecule has 5 nitrogen and oxygen atoms in total. The molecule has 1 heterocycles. The first-order valence-electron chi connectivity index (χ1n) is 8.07. The minimum absolute atomic E-state index is 0.248. The molecule has 0 aliphatic rings. The first-order chi connectivity index (χ1) is 12.6. The van der Waals surface area contributed by atoms with Gasteiger partial charge in [0.1, 0.15) is 11.6 Å². The maximum Gasteiger partial charge on any atom is 0.251 e. The highest BCUT2D eigenvalue weighted by atomic mass is 19.1. The number of oxazole rings is 1. The quantitative estimate of drug-likeness (QED) is 0.763. The van der Waals surface area contributed by atoms with Gasteiger partial charge in [-0.05, 0) is 49.4 Å².